The van der Waals surface area contributed by atoms with Crippen molar-refractivity contribution in [2.75, 3.05) is 27.4 Å². The molecule has 0 aromatic heterocycles. The average molecular weight is 365 g/mol. The summed E-state index contributed by atoms with van der Waals surface area (Å²) in [5.41, 5.74) is 1.08. The van der Waals surface area contributed by atoms with E-state index in [0.717, 1.165) is 10.6 Å². The number of esters is 2. The van der Waals surface area contributed by atoms with Gasteiger partial charge in [0.15, 0.2) is 0 Å². The van der Waals surface area contributed by atoms with E-state index in [1.54, 1.807) is 0 Å². The van der Waals surface area contributed by atoms with Crippen molar-refractivity contribution in [1.29, 1.82) is 0 Å². The standard InChI is InChI=1S/C18H23NO5S/c1-22-16(20)8-9-18(17(21)23-2)10-11-19-15(25-18)13-24-12-14-6-4-3-5-7-14/h3-7H,8-13H2,1-2H3. The largest absolute Gasteiger partial charge is 0.469 e. The minimum Gasteiger partial charge on any atom is -0.469 e. The van der Waals surface area contributed by atoms with Gasteiger partial charge in [0, 0.05) is 13.0 Å². The summed E-state index contributed by atoms with van der Waals surface area (Å²) in [6, 6.07) is 9.85. The van der Waals surface area contributed by atoms with E-state index < -0.39 is 4.75 Å². The summed E-state index contributed by atoms with van der Waals surface area (Å²) in [6.07, 6.45) is 1.05. The van der Waals surface area contributed by atoms with Crippen LogP contribution in [-0.2, 0) is 30.4 Å². The lowest BCUT2D eigenvalue weighted by atomic mass is 9.98. The molecule has 6 nitrogen and oxygen atoms in total. The predicted octanol–water partition coefficient (Wildman–Crippen LogP) is 2.60. The molecule has 0 saturated heterocycles. The molecule has 1 aliphatic rings. The summed E-state index contributed by atoms with van der Waals surface area (Å²) >= 11 is 1.34. The molecule has 0 bridgehead atoms. The van der Waals surface area contributed by atoms with Crippen LogP contribution in [0.15, 0.2) is 35.3 Å². The predicted molar refractivity (Wildman–Crippen MR) is 96.6 cm³/mol. The molecule has 1 unspecified atom stereocenters. The first-order chi connectivity index (χ1) is 12.1. The van der Waals surface area contributed by atoms with Crippen LogP contribution in [-0.4, -0.2) is 49.1 Å². The molecule has 1 atom stereocenters. The summed E-state index contributed by atoms with van der Waals surface area (Å²) in [7, 11) is 2.70. The van der Waals surface area contributed by atoms with Gasteiger partial charge in [-0.25, -0.2) is 0 Å². The number of hydrogen-bond acceptors (Lipinski definition) is 7. The second-order valence-electron chi connectivity index (χ2n) is 5.67. The lowest BCUT2D eigenvalue weighted by Gasteiger charge is -2.32. The van der Waals surface area contributed by atoms with Crippen molar-refractivity contribution in [2.45, 2.75) is 30.6 Å². The fraction of sp³-hybridized carbons (Fsp3) is 0.500. The van der Waals surface area contributed by atoms with E-state index in [-0.39, 0.29) is 18.4 Å². The number of rotatable bonds is 8. The van der Waals surface area contributed by atoms with Crippen molar-refractivity contribution >= 4 is 28.7 Å². The van der Waals surface area contributed by atoms with Gasteiger partial charge < -0.3 is 14.2 Å². The van der Waals surface area contributed by atoms with Gasteiger partial charge in [-0.15, -0.1) is 0 Å². The maximum absolute atomic E-state index is 12.3. The van der Waals surface area contributed by atoms with E-state index in [9.17, 15) is 9.59 Å². The minimum atomic E-state index is -0.809. The van der Waals surface area contributed by atoms with E-state index in [1.807, 2.05) is 30.3 Å². The van der Waals surface area contributed by atoms with Crippen molar-refractivity contribution in [1.82, 2.24) is 0 Å². The molecule has 0 aliphatic carbocycles. The SMILES string of the molecule is COC(=O)CCC1(C(=O)OC)CCN=C(COCc2ccccc2)S1. The molecule has 1 aliphatic heterocycles. The fourth-order valence-corrected chi connectivity index (χ4v) is 3.90. The number of carbonyl (C=O) groups is 2. The zero-order valence-electron chi connectivity index (χ0n) is 14.5. The number of methoxy groups -OCH3 is 2. The van der Waals surface area contributed by atoms with E-state index >= 15 is 0 Å². The average Bonchev–Trinajstić information content (AvgIpc) is 2.66. The number of benzene rings is 1. The maximum Gasteiger partial charge on any atom is 0.322 e. The molecule has 1 aromatic rings. The molecule has 0 N–H and O–H groups in total. The van der Waals surface area contributed by atoms with E-state index in [2.05, 4.69) is 9.73 Å². The fourth-order valence-electron chi connectivity index (χ4n) is 2.59. The first-order valence-electron chi connectivity index (χ1n) is 8.09. The lowest BCUT2D eigenvalue weighted by Crippen LogP contribution is -2.41. The Bertz CT molecular complexity index is 619. The molecule has 1 heterocycles. The summed E-state index contributed by atoms with van der Waals surface area (Å²) in [6.45, 7) is 1.32. The molecule has 1 aromatic carbocycles. The Morgan fingerprint density at radius 2 is 1.92 bits per heavy atom. The first-order valence-corrected chi connectivity index (χ1v) is 8.90. The molecular weight excluding hydrogens is 342 g/mol. The first kappa shape index (κ1) is 19.5. The number of nitrogens with zero attached hydrogens (tertiary/aromatic N) is 1. The molecule has 0 spiro atoms. The second-order valence-corrected chi connectivity index (χ2v) is 7.12. The third-order valence-corrected chi connectivity index (χ3v) is 5.42. The number of ether oxygens (including phenoxy) is 3. The van der Waals surface area contributed by atoms with Crippen LogP contribution in [0.4, 0.5) is 0 Å². The molecule has 2 rings (SSSR count). The highest BCUT2D eigenvalue weighted by atomic mass is 32.2. The Hall–Kier alpha value is -1.86. The summed E-state index contributed by atoms with van der Waals surface area (Å²) in [5.74, 6) is -0.676. The number of aliphatic imine (C=N–C) groups is 1. The molecule has 0 saturated carbocycles. The van der Waals surface area contributed by atoms with Gasteiger partial charge in [-0.3, -0.25) is 14.6 Å². The van der Waals surface area contributed by atoms with Crippen molar-refractivity contribution in [3.05, 3.63) is 35.9 Å². The van der Waals surface area contributed by atoms with Crippen LogP contribution in [0, 0.1) is 0 Å². The second kappa shape index (κ2) is 9.58. The quantitative estimate of drug-likeness (QED) is 0.659. The Labute approximate surface area is 151 Å². The van der Waals surface area contributed by atoms with Crippen LogP contribution >= 0.6 is 11.8 Å². The molecular formula is C18H23NO5S. The third-order valence-electron chi connectivity index (χ3n) is 3.97. The van der Waals surface area contributed by atoms with Crippen LogP contribution in [0.3, 0.4) is 0 Å². The maximum atomic E-state index is 12.3. The molecule has 136 valence electrons. The number of carbonyl (C=O) groups excluding carboxylic acids is 2. The van der Waals surface area contributed by atoms with Crippen molar-refractivity contribution in [3.8, 4) is 0 Å². The van der Waals surface area contributed by atoms with Crippen LogP contribution in [0.2, 0.25) is 0 Å². The Morgan fingerprint density at radius 3 is 2.60 bits per heavy atom. The highest BCUT2D eigenvalue weighted by Gasteiger charge is 2.43. The molecule has 0 amide bonds. The summed E-state index contributed by atoms with van der Waals surface area (Å²) in [4.78, 5) is 28.3. The summed E-state index contributed by atoms with van der Waals surface area (Å²) in [5, 5.41) is 0.748. The van der Waals surface area contributed by atoms with E-state index in [4.69, 9.17) is 9.47 Å². The highest BCUT2D eigenvalue weighted by Crippen LogP contribution is 2.39. The zero-order valence-corrected chi connectivity index (χ0v) is 15.3. The normalized spacial score (nSPS) is 19.8. The van der Waals surface area contributed by atoms with Crippen LogP contribution in [0.1, 0.15) is 24.8 Å². The molecule has 25 heavy (non-hydrogen) atoms. The lowest BCUT2D eigenvalue weighted by molar-refractivity contribution is -0.145. The van der Waals surface area contributed by atoms with Crippen molar-refractivity contribution in [3.63, 3.8) is 0 Å². The minimum absolute atomic E-state index is 0.163. The van der Waals surface area contributed by atoms with Gasteiger partial charge in [0.1, 0.15) is 4.75 Å². The van der Waals surface area contributed by atoms with Crippen LogP contribution < -0.4 is 0 Å². The Morgan fingerprint density at radius 1 is 1.16 bits per heavy atom. The topological polar surface area (TPSA) is 74.2 Å². The van der Waals surface area contributed by atoms with Crippen LogP contribution in [0.5, 0.6) is 0 Å². The van der Waals surface area contributed by atoms with Gasteiger partial charge in [-0.1, -0.05) is 42.1 Å². The van der Waals surface area contributed by atoms with Crippen molar-refractivity contribution in [2.24, 2.45) is 4.99 Å². The van der Waals surface area contributed by atoms with E-state index in [1.165, 1.54) is 26.0 Å². The Balaban J connectivity index is 1.95. The van der Waals surface area contributed by atoms with Crippen molar-refractivity contribution < 1.29 is 23.8 Å². The van der Waals surface area contributed by atoms with Gasteiger partial charge in [-0.2, -0.15) is 0 Å². The molecule has 7 heteroatoms. The highest BCUT2D eigenvalue weighted by molar-refractivity contribution is 8.15. The summed E-state index contributed by atoms with van der Waals surface area (Å²) < 4.78 is 14.6. The molecule has 0 fully saturated rings. The number of hydrogen-bond donors (Lipinski definition) is 0. The molecule has 0 radical (unpaired) electrons. The van der Waals surface area contributed by atoms with Gasteiger partial charge >= 0.3 is 11.9 Å². The smallest absolute Gasteiger partial charge is 0.322 e. The zero-order chi connectivity index (χ0) is 18.1. The van der Waals surface area contributed by atoms with Gasteiger partial charge in [0.05, 0.1) is 32.5 Å². The monoisotopic (exact) mass is 365 g/mol. The van der Waals surface area contributed by atoms with Gasteiger partial charge in [0.25, 0.3) is 0 Å². The Kier molecular flexibility index (Phi) is 7.46. The van der Waals surface area contributed by atoms with Gasteiger partial charge in [-0.05, 0) is 18.4 Å². The van der Waals surface area contributed by atoms with Crippen LogP contribution in [0.25, 0.3) is 0 Å². The third kappa shape index (κ3) is 5.57. The van der Waals surface area contributed by atoms with Gasteiger partial charge in [0.2, 0.25) is 0 Å². The van der Waals surface area contributed by atoms with E-state index in [0.29, 0.717) is 32.6 Å². The number of thioether (sulfide) groups is 1.